The van der Waals surface area contributed by atoms with E-state index in [9.17, 15) is 0 Å². The van der Waals surface area contributed by atoms with Gasteiger partial charge in [0.2, 0.25) is 0 Å². The highest BCUT2D eigenvalue weighted by Crippen LogP contribution is 2.34. The summed E-state index contributed by atoms with van der Waals surface area (Å²) < 4.78 is 2.29. The van der Waals surface area contributed by atoms with Gasteiger partial charge in [0.15, 0.2) is 0 Å². The van der Waals surface area contributed by atoms with E-state index in [1.807, 2.05) is 12.5 Å². The van der Waals surface area contributed by atoms with Crippen molar-refractivity contribution < 1.29 is 0 Å². The van der Waals surface area contributed by atoms with Crippen LogP contribution in [-0.2, 0) is 6.54 Å². The number of nitrogens with two attached hydrogens (primary N) is 1. The topological polar surface area (TPSA) is 47.1 Å². The minimum absolute atomic E-state index is 0.133. The van der Waals surface area contributed by atoms with E-state index in [1.165, 1.54) is 18.5 Å². The second-order valence-electron chi connectivity index (χ2n) is 6.98. The first-order valence-electron chi connectivity index (χ1n) is 7.97. The van der Waals surface area contributed by atoms with Gasteiger partial charge in [-0.25, -0.2) is 4.98 Å². The van der Waals surface area contributed by atoms with Gasteiger partial charge in [-0.15, -0.1) is 0 Å². The van der Waals surface area contributed by atoms with E-state index in [2.05, 4.69) is 42.1 Å². The average Bonchev–Trinajstić information content (AvgIpc) is 2.70. The Bertz CT molecular complexity index is 418. The van der Waals surface area contributed by atoms with Crippen LogP contribution in [0, 0.1) is 0 Å². The fraction of sp³-hybridized carbons (Fsp3) is 0.812. The standard InChI is InChI=1S/C16H30N4/c1-5-9-19-12-18-11-14(19)15-13(17)8-6-7-10-20(15)16(2,3)4/h11-13,15H,5-10,17H2,1-4H3. The molecule has 2 rings (SSSR count). The number of aryl methyl sites for hydroxylation is 1. The number of hydrogen-bond donors (Lipinski definition) is 1. The van der Waals surface area contributed by atoms with Gasteiger partial charge in [0.05, 0.1) is 18.1 Å². The summed E-state index contributed by atoms with van der Waals surface area (Å²) in [6.07, 6.45) is 8.67. The highest BCUT2D eigenvalue weighted by atomic mass is 15.3. The minimum atomic E-state index is 0.133. The Kier molecular flexibility index (Phi) is 4.86. The Morgan fingerprint density at radius 2 is 2.10 bits per heavy atom. The second-order valence-corrected chi connectivity index (χ2v) is 6.98. The second kappa shape index (κ2) is 6.27. The molecule has 1 fully saturated rings. The van der Waals surface area contributed by atoms with E-state index in [4.69, 9.17) is 5.73 Å². The number of likely N-dealkylation sites (tertiary alicyclic amines) is 1. The molecule has 4 nitrogen and oxygen atoms in total. The summed E-state index contributed by atoms with van der Waals surface area (Å²) in [5, 5.41) is 0. The summed E-state index contributed by atoms with van der Waals surface area (Å²) in [5.74, 6) is 0. The summed E-state index contributed by atoms with van der Waals surface area (Å²) in [7, 11) is 0. The van der Waals surface area contributed by atoms with E-state index in [1.54, 1.807) is 0 Å². The molecule has 1 aromatic rings. The number of hydrogen-bond acceptors (Lipinski definition) is 3. The van der Waals surface area contributed by atoms with E-state index in [0.717, 1.165) is 25.9 Å². The zero-order chi connectivity index (χ0) is 14.8. The van der Waals surface area contributed by atoms with Crippen molar-refractivity contribution in [3.8, 4) is 0 Å². The number of imidazole rings is 1. The van der Waals surface area contributed by atoms with Crippen LogP contribution in [0.25, 0.3) is 0 Å². The molecule has 0 amide bonds. The molecule has 1 saturated heterocycles. The molecular weight excluding hydrogens is 248 g/mol. The van der Waals surface area contributed by atoms with Crippen molar-refractivity contribution in [3.63, 3.8) is 0 Å². The molecular formula is C16H30N4. The third kappa shape index (κ3) is 3.23. The van der Waals surface area contributed by atoms with Crippen molar-refractivity contribution in [3.05, 3.63) is 18.2 Å². The Hall–Kier alpha value is -0.870. The first-order valence-corrected chi connectivity index (χ1v) is 7.97. The molecule has 0 aliphatic carbocycles. The highest BCUT2D eigenvalue weighted by Gasteiger charge is 2.36. The predicted octanol–water partition coefficient (Wildman–Crippen LogP) is 2.95. The molecule has 1 aliphatic rings. The largest absolute Gasteiger partial charge is 0.333 e. The van der Waals surface area contributed by atoms with Crippen LogP contribution in [-0.4, -0.2) is 32.6 Å². The average molecular weight is 278 g/mol. The van der Waals surface area contributed by atoms with Gasteiger partial charge in [-0.3, -0.25) is 4.90 Å². The summed E-state index contributed by atoms with van der Waals surface area (Å²) in [6, 6.07) is 0.482. The molecule has 1 aliphatic heterocycles. The van der Waals surface area contributed by atoms with Crippen molar-refractivity contribution >= 4 is 0 Å². The van der Waals surface area contributed by atoms with Crippen LogP contribution in [0.15, 0.2) is 12.5 Å². The SMILES string of the molecule is CCCn1cncc1C1C(N)CCCCN1C(C)(C)C. The van der Waals surface area contributed by atoms with Gasteiger partial charge in [-0.2, -0.15) is 0 Å². The maximum Gasteiger partial charge on any atom is 0.0948 e. The van der Waals surface area contributed by atoms with E-state index in [0.29, 0.717) is 0 Å². The normalized spacial score (nSPS) is 25.6. The lowest BCUT2D eigenvalue weighted by molar-refractivity contribution is 0.0711. The van der Waals surface area contributed by atoms with Crippen LogP contribution in [0.1, 0.15) is 65.1 Å². The van der Waals surface area contributed by atoms with Crippen molar-refractivity contribution in [2.45, 2.75) is 77.5 Å². The minimum Gasteiger partial charge on any atom is -0.333 e. The van der Waals surface area contributed by atoms with Crippen molar-refractivity contribution in [2.75, 3.05) is 6.54 Å². The zero-order valence-corrected chi connectivity index (χ0v) is 13.5. The lowest BCUT2D eigenvalue weighted by Gasteiger charge is -2.43. The zero-order valence-electron chi connectivity index (χ0n) is 13.5. The third-order valence-corrected chi connectivity index (χ3v) is 4.30. The van der Waals surface area contributed by atoms with Gasteiger partial charge < -0.3 is 10.3 Å². The van der Waals surface area contributed by atoms with Crippen molar-refractivity contribution in [1.29, 1.82) is 0 Å². The van der Waals surface area contributed by atoms with Crippen LogP contribution in [0.4, 0.5) is 0 Å². The first kappa shape index (κ1) is 15.5. The van der Waals surface area contributed by atoms with Crippen LogP contribution in [0.3, 0.4) is 0 Å². The smallest absolute Gasteiger partial charge is 0.0948 e. The van der Waals surface area contributed by atoms with Crippen LogP contribution >= 0.6 is 0 Å². The Labute approximate surface area is 123 Å². The Morgan fingerprint density at radius 1 is 1.35 bits per heavy atom. The molecule has 0 saturated carbocycles. The van der Waals surface area contributed by atoms with Crippen LogP contribution in [0.2, 0.25) is 0 Å². The lowest BCUT2D eigenvalue weighted by Crippen LogP contribution is -2.49. The molecule has 2 atom stereocenters. The highest BCUT2D eigenvalue weighted by molar-refractivity contribution is 5.11. The van der Waals surface area contributed by atoms with E-state index in [-0.39, 0.29) is 17.6 Å². The molecule has 0 spiro atoms. The number of aromatic nitrogens is 2. The summed E-state index contributed by atoms with van der Waals surface area (Å²) in [5.41, 5.74) is 7.96. The summed E-state index contributed by atoms with van der Waals surface area (Å²) >= 11 is 0. The number of nitrogens with zero attached hydrogens (tertiary/aromatic N) is 3. The Balaban J connectivity index is 2.37. The quantitative estimate of drug-likeness (QED) is 0.924. The van der Waals surface area contributed by atoms with E-state index >= 15 is 0 Å². The fourth-order valence-corrected chi connectivity index (χ4v) is 3.33. The Morgan fingerprint density at radius 3 is 2.75 bits per heavy atom. The molecule has 2 N–H and O–H groups in total. The van der Waals surface area contributed by atoms with Crippen LogP contribution < -0.4 is 5.73 Å². The molecule has 2 unspecified atom stereocenters. The molecule has 114 valence electrons. The number of rotatable bonds is 3. The molecule has 4 heteroatoms. The van der Waals surface area contributed by atoms with Crippen molar-refractivity contribution in [1.82, 2.24) is 14.5 Å². The van der Waals surface area contributed by atoms with Crippen molar-refractivity contribution in [2.24, 2.45) is 5.73 Å². The molecule has 0 bridgehead atoms. The monoisotopic (exact) mass is 278 g/mol. The maximum atomic E-state index is 6.54. The first-order chi connectivity index (χ1) is 9.45. The lowest BCUT2D eigenvalue weighted by atomic mass is 9.96. The molecule has 0 aromatic carbocycles. The molecule has 1 aromatic heterocycles. The van der Waals surface area contributed by atoms with Gasteiger partial charge in [0.1, 0.15) is 0 Å². The predicted molar refractivity (Wildman–Crippen MR) is 83.5 cm³/mol. The van der Waals surface area contributed by atoms with Gasteiger partial charge in [0.25, 0.3) is 0 Å². The maximum absolute atomic E-state index is 6.54. The molecule has 0 radical (unpaired) electrons. The fourth-order valence-electron chi connectivity index (χ4n) is 3.33. The van der Waals surface area contributed by atoms with E-state index < -0.39 is 0 Å². The molecule has 2 heterocycles. The van der Waals surface area contributed by atoms with Crippen LogP contribution in [0.5, 0.6) is 0 Å². The summed E-state index contributed by atoms with van der Waals surface area (Å²) in [6.45, 7) is 11.2. The summed E-state index contributed by atoms with van der Waals surface area (Å²) in [4.78, 5) is 6.96. The molecule has 20 heavy (non-hydrogen) atoms. The third-order valence-electron chi connectivity index (χ3n) is 4.30. The van der Waals surface area contributed by atoms with Gasteiger partial charge in [0, 0.05) is 24.3 Å². The van der Waals surface area contributed by atoms with Gasteiger partial charge in [-0.1, -0.05) is 13.3 Å². The van der Waals surface area contributed by atoms with Gasteiger partial charge >= 0.3 is 0 Å². The van der Waals surface area contributed by atoms with Gasteiger partial charge in [-0.05, 0) is 46.6 Å².